The molecule has 1 unspecified atom stereocenters. The van der Waals surface area contributed by atoms with Crippen LogP contribution in [0.2, 0.25) is 5.02 Å². The van der Waals surface area contributed by atoms with Crippen molar-refractivity contribution < 1.29 is 36.6 Å². The quantitative estimate of drug-likeness (QED) is 0.116. The molecule has 1 atom stereocenters. The molecule has 4 aliphatic rings. The van der Waals surface area contributed by atoms with Crippen molar-refractivity contribution >= 4 is 91.2 Å². The van der Waals surface area contributed by atoms with Crippen molar-refractivity contribution in [2.45, 2.75) is 6.10 Å². The number of anilines is 8. The Hall–Kier alpha value is -8.03. The van der Waals surface area contributed by atoms with Crippen LogP contribution in [0, 0.1) is 23.3 Å². The van der Waals surface area contributed by atoms with E-state index in [1.165, 1.54) is 103 Å². The molecule has 0 saturated carbocycles. The number of rotatable bonds is 11. The monoisotopic (exact) mass is 1100 g/mol. The molecule has 12 rings (SSSR count). The smallest absolute Gasteiger partial charge is 0.329 e. The summed E-state index contributed by atoms with van der Waals surface area (Å²) in [5, 5.41) is 1.12. The van der Waals surface area contributed by atoms with Crippen molar-refractivity contribution in [3.05, 3.63) is 131 Å². The van der Waals surface area contributed by atoms with Gasteiger partial charge in [-0.25, -0.2) is 57.1 Å². The lowest BCUT2D eigenvalue weighted by Gasteiger charge is -2.32. The number of morpholine rings is 2. The number of nitrogens with zero attached hydrogens (tertiary/aromatic N) is 12. The molecular weight excluding hydrogens is 1060 g/mol. The average Bonchev–Trinajstić information content (AvgIpc) is 4.31. The molecule has 18 nitrogen and oxygen atoms in total. The highest BCUT2D eigenvalue weighted by Gasteiger charge is 2.36. The number of amides is 4. The standard InChI is InChI=1S/C52H43ClF4N14O4S2/c53-33-25-32(7-10-34(33)55)69-14-16-71(52(69)73)41-24-29(2-9-36(41)57)46-44(65-49(76-46)66-17-20-74-21-18-66)39-26-38(62-48(59)63-39)42-27-67(19-22-75-42)50-64-43(37-11-12-60-47(58)61-37)45(77-50)28-1-8-35(56)40(23-28)70-15-13-68(51(70)72)31-5-3-30(54)4-6-31/h1-12,23-26,42H,13-22,27H2,(H2,58,60,61)(H2,59,62,63). The summed E-state index contributed by atoms with van der Waals surface area (Å²) in [5.41, 5.74) is 16.9. The number of nitrogen functional groups attached to an aromatic ring is 2. The van der Waals surface area contributed by atoms with E-state index in [0.29, 0.717) is 104 Å². The van der Waals surface area contributed by atoms with Gasteiger partial charge in [-0.05, 0) is 90.0 Å². The van der Waals surface area contributed by atoms with Crippen LogP contribution in [-0.4, -0.2) is 114 Å². The number of ether oxygens (including phenoxy) is 2. The second-order valence-corrected chi connectivity index (χ2v) is 20.5. The molecule has 8 aromatic rings. The maximum absolute atomic E-state index is 15.9. The van der Waals surface area contributed by atoms with Crippen molar-refractivity contribution in [2.75, 3.05) is 113 Å². The first kappa shape index (κ1) is 49.8. The van der Waals surface area contributed by atoms with Gasteiger partial charge in [0.05, 0.1) is 69.6 Å². The number of hydrogen-bond donors (Lipinski definition) is 2. The number of hydrogen-bond acceptors (Lipinski definition) is 16. The summed E-state index contributed by atoms with van der Waals surface area (Å²) in [7, 11) is 0. The van der Waals surface area contributed by atoms with Gasteiger partial charge in [-0.2, -0.15) is 0 Å². The number of halogens is 5. The normalized spacial score (nSPS) is 17.1. The molecule has 0 aliphatic carbocycles. The highest BCUT2D eigenvalue weighted by molar-refractivity contribution is 7.19. The lowest BCUT2D eigenvalue weighted by Crippen LogP contribution is -2.38. The van der Waals surface area contributed by atoms with E-state index in [4.69, 9.17) is 42.5 Å². The number of carbonyl (C=O) groups excluding carboxylic acids is 2. The first-order valence-corrected chi connectivity index (χ1v) is 26.3. The van der Waals surface area contributed by atoms with E-state index in [-0.39, 0.29) is 67.6 Å². The highest BCUT2D eigenvalue weighted by atomic mass is 35.5. The Morgan fingerprint density at radius 1 is 0.558 bits per heavy atom. The molecular formula is C52H43ClF4N14O4S2. The van der Waals surface area contributed by atoms with Crippen LogP contribution in [0.3, 0.4) is 0 Å². The van der Waals surface area contributed by atoms with Crippen LogP contribution < -0.4 is 40.9 Å². The molecule has 4 aromatic carbocycles. The van der Waals surface area contributed by atoms with E-state index >= 15 is 8.78 Å². The largest absolute Gasteiger partial charge is 0.378 e. The fraction of sp³-hybridized carbons (Fsp3) is 0.231. The third-order valence-electron chi connectivity index (χ3n) is 13.5. The SMILES string of the molecule is Nc1nccc(-c2nc(N3CCOC(c4cc(-c5nc(N6CCOCC6)sc5-c5ccc(F)c(N6CCN(c7ccc(F)c(Cl)c7)C6=O)c5)nc(N)n4)C3)sc2-c2ccc(F)c(N3CCN(c4ccc(F)cc4)C3=O)c2)n1. The van der Waals surface area contributed by atoms with Crippen molar-refractivity contribution in [1.82, 2.24) is 29.9 Å². The summed E-state index contributed by atoms with van der Waals surface area (Å²) in [6.07, 6.45) is 0.868. The van der Waals surface area contributed by atoms with Gasteiger partial charge in [0.1, 0.15) is 40.8 Å². The second kappa shape index (κ2) is 20.5. The molecule has 4 fully saturated rings. The third-order valence-corrected chi connectivity index (χ3v) is 16.1. The zero-order valence-electron chi connectivity index (χ0n) is 40.5. The Morgan fingerprint density at radius 3 is 1.75 bits per heavy atom. The Bertz CT molecular complexity index is 3610. The van der Waals surface area contributed by atoms with E-state index in [9.17, 15) is 18.4 Å². The molecule has 0 bridgehead atoms. The number of carbonyl (C=O) groups is 2. The van der Waals surface area contributed by atoms with Crippen LogP contribution in [-0.2, 0) is 9.47 Å². The molecule has 4 saturated heterocycles. The minimum absolute atomic E-state index is 0.0257. The van der Waals surface area contributed by atoms with Crippen molar-refractivity contribution in [3.8, 4) is 43.7 Å². The van der Waals surface area contributed by atoms with E-state index in [2.05, 4.69) is 24.8 Å². The van der Waals surface area contributed by atoms with E-state index in [1.54, 1.807) is 36.4 Å². The minimum atomic E-state index is -0.653. The van der Waals surface area contributed by atoms with Crippen LogP contribution in [0.4, 0.5) is 72.1 Å². The predicted octanol–water partition coefficient (Wildman–Crippen LogP) is 9.53. The Kier molecular flexibility index (Phi) is 13.3. The number of thiazole rings is 2. The molecule has 0 radical (unpaired) electrons. The maximum atomic E-state index is 15.9. The molecule has 25 heteroatoms. The fourth-order valence-electron chi connectivity index (χ4n) is 9.66. The summed E-state index contributed by atoms with van der Waals surface area (Å²) in [5.74, 6) is -2.30. The zero-order chi connectivity index (χ0) is 53.1. The lowest BCUT2D eigenvalue weighted by molar-refractivity contribution is 0.0371. The molecule has 4 N–H and O–H groups in total. The summed E-state index contributed by atoms with van der Waals surface area (Å²) in [6, 6.07) is 21.1. The van der Waals surface area contributed by atoms with Crippen LogP contribution in [0.25, 0.3) is 43.7 Å². The summed E-state index contributed by atoms with van der Waals surface area (Å²) < 4.78 is 71.5. The van der Waals surface area contributed by atoms with Crippen molar-refractivity contribution in [3.63, 3.8) is 0 Å². The van der Waals surface area contributed by atoms with Crippen molar-refractivity contribution in [1.29, 1.82) is 0 Å². The number of benzene rings is 4. The first-order valence-electron chi connectivity index (χ1n) is 24.3. The van der Waals surface area contributed by atoms with Gasteiger partial charge in [0.15, 0.2) is 10.3 Å². The van der Waals surface area contributed by atoms with Gasteiger partial charge in [0, 0.05) is 63.4 Å². The Balaban J connectivity index is 0.859. The minimum Gasteiger partial charge on any atom is -0.378 e. The topological polar surface area (TPSA) is 201 Å². The van der Waals surface area contributed by atoms with Crippen LogP contribution >= 0.6 is 34.3 Å². The number of nitrogens with two attached hydrogens (primary N) is 2. The zero-order valence-corrected chi connectivity index (χ0v) is 42.8. The number of aromatic nitrogens is 6. The number of urea groups is 2. The molecule has 4 amide bonds. The summed E-state index contributed by atoms with van der Waals surface area (Å²) in [6.45, 7) is 3.93. The summed E-state index contributed by atoms with van der Waals surface area (Å²) >= 11 is 8.78. The van der Waals surface area contributed by atoms with Crippen LogP contribution in [0.5, 0.6) is 0 Å². The van der Waals surface area contributed by atoms with Gasteiger partial charge < -0.3 is 30.7 Å². The molecule has 0 spiro atoms. The van der Waals surface area contributed by atoms with Gasteiger partial charge in [-0.15, -0.1) is 0 Å². The highest BCUT2D eigenvalue weighted by Crippen LogP contribution is 2.45. The predicted molar refractivity (Wildman–Crippen MR) is 288 cm³/mol. The van der Waals surface area contributed by atoms with Crippen LogP contribution in [0.1, 0.15) is 11.8 Å². The van der Waals surface area contributed by atoms with Gasteiger partial charge >= 0.3 is 12.1 Å². The van der Waals surface area contributed by atoms with Gasteiger partial charge in [0.2, 0.25) is 11.9 Å². The van der Waals surface area contributed by atoms with E-state index < -0.39 is 41.4 Å². The molecule has 77 heavy (non-hydrogen) atoms. The Labute approximate surface area is 449 Å². The van der Waals surface area contributed by atoms with Gasteiger partial charge in [-0.1, -0.05) is 46.4 Å². The third kappa shape index (κ3) is 9.66. The van der Waals surface area contributed by atoms with E-state index in [1.807, 2.05) is 4.90 Å². The fourth-order valence-corrected chi connectivity index (χ4v) is 12.1. The molecule has 392 valence electrons. The average molecular weight is 1100 g/mol. The lowest BCUT2D eigenvalue weighted by atomic mass is 10.1. The molecule has 8 heterocycles. The summed E-state index contributed by atoms with van der Waals surface area (Å²) in [4.78, 5) is 66.7. The van der Waals surface area contributed by atoms with Gasteiger partial charge in [-0.3, -0.25) is 19.6 Å². The molecule has 4 aliphatic heterocycles. The first-order chi connectivity index (χ1) is 37.3. The second-order valence-electron chi connectivity index (χ2n) is 18.2. The van der Waals surface area contributed by atoms with E-state index in [0.717, 1.165) is 0 Å². The Morgan fingerprint density at radius 2 is 1.12 bits per heavy atom. The molecule has 4 aromatic heterocycles. The van der Waals surface area contributed by atoms with Crippen LogP contribution in [0.15, 0.2) is 97.2 Å². The maximum Gasteiger partial charge on any atom is 0.329 e. The van der Waals surface area contributed by atoms with Gasteiger partial charge in [0.25, 0.3) is 0 Å². The van der Waals surface area contributed by atoms with Crippen molar-refractivity contribution in [2.24, 2.45) is 0 Å².